The molecule has 4 nitrogen and oxygen atoms in total. The van der Waals surface area contributed by atoms with Crippen molar-refractivity contribution in [3.8, 4) is 0 Å². The van der Waals surface area contributed by atoms with Gasteiger partial charge in [-0.1, -0.05) is 28.1 Å². The highest BCUT2D eigenvalue weighted by molar-refractivity contribution is 9.10. The molecule has 2 heterocycles. The van der Waals surface area contributed by atoms with Crippen LogP contribution in [0.4, 0.5) is 4.79 Å². The van der Waals surface area contributed by atoms with Crippen LogP contribution in [0.15, 0.2) is 33.6 Å². The number of carbonyl (C=O) groups excluding carboxylic acids is 2. The minimum atomic E-state index is -0.181. The van der Waals surface area contributed by atoms with E-state index in [0.29, 0.717) is 11.6 Å². The number of hydrogen-bond donors (Lipinski definition) is 0. The molecule has 1 aromatic rings. The molecule has 0 aliphatic carbocycles. The van der Waals surface area contributed by atoms with Crippen LogP contribution >= 0.6 is 27.7 Å². The molecule has 0 spiro atoms. The largest absolute Gasteiger partial charge is 0.294 e. The number of hydrogen-bond acceptors (Lipinski definition) is 4. The summed E-state index contributed by atoms with van der Waals surface area (Å²) in [5.74, 6) is -0.181. The molecule has 2 fully saturated rings. The highest BCUT2D eigenvalue weighted by atomic mass is 79.9. The Morgan fingerprint density at radius 3 is 2.48 bits per heavy atom. The number of benzene rings is 1. The standard InChI is InChI=1S/C15H15BrN2O2S/c16-12-5-3-11(4-6-12)9-13-14(19)18(15(20)21-13)10-17-7-1-2-8-17/h3-6,9H,1-2,7-8,10H2. The van der Waals surface area contributed by atoms with Crippen molar-refractivity contribution in [1.82, 2.24) is 9.80 Å². The van der Waals surface area contributed by atoms with Crippen LogP contribution in [-0.2, 0) is 4.79 Å². The molecule has 2 amide bonds. The summed E-state index contributed by atoms with van der Waals surface area (Å²) in [6.45, 7) is 2.35. The Morgan fingerprint density at radius 1 is 1.14 bits per heavy atom. The van der Waals surface area contributed by atoms with Crippen LogP contribution in [0.25, 0.3) is 6.08 Å². The van der Waals surface area contributed by atoms with E-state index in [-0.39, 0.29) is 11.1 Å². The van der Waals surface area contributed by atoms with Crippen molar-refractivity contribution in [3.05, 3.63) is 39.2 Å². The van der Waals surface area contributed by atoms with Gasteiger partial charge >= 0.3 is 0 Å². The summed E-state index contributed by atoms with van der Waals surface area (Å²) in [4.78, 5) is 28.4. The molecular weight excluding hydrogens is 352 g/mol. The van der Waals surface area contributed by atoms with Gasteiger partial charge in [0.15, 0.2) is 0 Å². The van der Waals surface area contributed by atoms with Gasteiger partial charge in [0.05, 0.1) is 11.6 Å². The lowest BCUT2D eigenvalue weighted by Gasteiger charge is -2.20. The Hall–Kier alpha value is -1.11. The SMILES string of the molecule is O=C1SC(=Cc2ccc(Br)cc2)C(=O)N1CN1CCCC1. The van der Waals surface area contributed by atoms with Crippen molar-refractivity contribution in [1.29, 1.82) is 0 Å². The first-order valence-corrected chi connectivity index (χ1v) is 8.48. The molecule has 0 unspecified atom stereocenters. The number of likely N-dealkylation sites (tertiary alicyclic amines) is 1. The zero-order valence-corrected chi connectivity index (χ0v) is 13.8. The van der Waals surface area contributed by atoms with E-state index in [4.69, 9.17) is 0 Å². The Labute approximate surface area is 136 Å². The van der Waals surface area contributed by atoms with Gasteiger partial charge in [0.1, 0.15) is 0 Å². The minimum absolute atomic E-state index is 0.171. The molecule has 0 atom stereocenters. The highest BCUT2D eigenvalue weighted by Crippen LogP contribution is 2.32. The maximum atomic E-state index is 12.4. The van der Waals surface area contributed by atoms with Gasteiger partial charge in [-0.15, -0.1) is 0 Å². The second-order valence-corrected chi connectivity index (χ2v) is 7.04. The Morgan fingerprint density at radius 2 is 1.81 bits per heavy atom. The summed E-state index contributed by atoms with van der Waals surface area (Å²) in [6, 6.07) is 7.66. The third kappa shape index (κ3) is 3.39. The summed E-state index contributed by atoms with van der Waals surface area (Å²) < 4.78 is 0.988. The summed E-state index contributed by atoms with van der Waals surface area (Å²) in [6.07, 6.45) is 4.07. The number of thioether (sulfide) groups is 1. The van der Waals surface area contributed by atoms with Crippen LogP contribution in [0, 0.1) is 0 Å². The summed E-state index contributed by atoms with van der Waals surface area (Å²) in [7, 11) is 0. The van der Waals surface area contributed by atoms with E-state index >= 15 is 0 Å². The Balaban J connectivity index is 1.74. The fourth-order valence-electron chi connectivity index (χ4n) is 2.46. The lowest BCUT2D eigenvalue weighted by molar-refractivity contribution is -0.124. The number of imide groups is 1. The van der Waals surface area contributed by atoms with E-state index in [2.05, 4.69) is 20.8 Å². The molecule has 110 valence electrons. The molecule has 2 aliphatic heterocycles. The van der Waals surface area contributed by atoms with E-state index in [1.54, 1.807) is 6.08 Å². The third-order valence-electron chi connectivity index (χ3n) is 3.58. The van der Waals surface area contributed by atoms with Crippen LogP contribution in [0.2, 0.25) is 0 Å². The first-order chi connectivity index (χ1) is 10.1. The molecule has 2 aliphatic rings. The maximum Gasteiger partial charge on any atom is 0.294 e. The van der Waals surface area contributed by atoms with Crippen molar-refractivity contribution in [2.75, 3.05) is 19.8 Å². The molecule has 0 saturated carbocycles. The quantitative estimate of drug-likeness (QED) is 0.767. The maximum absolute atomic E-state index is 12.4. The average Bonchev–Trinajstić information content (AvgIpc) is 3.06. The zero-order chi connectivity index (χ0) is 14.8. The molecule has 0 aromatic heterocycles. The van der Waals surface area contributed by atoms with Crippen LogP contribution in [0.3, 0.4) is 0 Å². The number of carbonyl (C=O) groups is 2. The highest BCUT2D eigenvalue weighted by Gasteiger charge is 2.36. The smallest absolute Gasteiger partial charge is 0.286 e. The molecule has 0 radical (unpaired) electrons. The Kier molecular flexibility index (Phi) is 4.47. The van der Waals surface area contributed by atoms with E-state index in [9.17, 15) is 9.59 Å². The van der Waals surface area contributed by atoms with Crippen molar-refractivity contribution < 1.29 is 9.59 Å². The summed E-state index contributed by atoms with van der Waals surface area (Å²) >= 11 is 4.40. The predicted molar refractivity (Wildman–Crippen MR) is 87.6 cm³/mol. The summed E-state index contributed by atoms with van der Waals surface area (Å²) in [5, 5.41) is -0.171. The number of amides is 2. The number of halogens is 1. The van der Waals surface area contributed by atoms with Crippen molar-refractivity contribution in [2.24, 2.45) is 0 Å². The van der Waals surface area contributed by atoms with E-state index in [0.717, 1.165) is 47.7 Å². The van der Waals surface area contributed by atoms with Crippen LogP contribution in [0.1, 0.15) is 18.4 Å². The molecule has 0 bridgehead atoms. The van der Waals surface area contributed by atoms with E-state index in [1.165, 1.54) is 4.90 Å². The van der Waals surface area contributed by atoms with Crippen LogP contribution in [0.5, 0.6) is 0 Å². The first-order valence-electron chi connectivity index (χ1n) is 6.87. The first kappa shape index (κ1) is 14.8. The van der Waals surface area contributed by atoms with Gasteiger partial charge in [-0.2, -0.15) is 0 Å². The number of rotatable bonds is 3. The summed E-state index contributed by atoms with van der Waals surface area (Å²) in [5.41, 5.74) is 0.921. The molecule has 2 saturated heterocycles. The fourth-order valence-corrected chi connectivity index (χ4v) is 3.55. The van der Waals surface area contributed by atoms with Gasteiger partial charge in [0.25, 0.3) is 11.1 Å². The van der Waals surface area contributed by atoms with Gasteiger partial charge in [0.2, 0.25) is 0 Å². The zero-order valence-electron chi connectivity index (χ0n) is 11.4. The topological polar surface area (TPSA) is 40.6 Å². The van der Waals surface area contributed by atoms with E-state index < -0.39 is 0 Å². The van der Waals surface area contributed by atoms with E-state index in [1.807, 2.05) is 24.3 Å². The van der Waals surface area contributed by atoms with Crippen molar-refractivity contribution >= 4 is 44.9 Å². The molecular formula is C15H15BrN2O2S. The van der Waals surface area contributed by atoms with Crippen LogP contribution in [-0.4, -0.2) is 40.7 Å². The molecule has 1 aromatic carbocycles. The van der Waals surface area contributed by atoms with Crippen molar-refractivity contribution in [3.63, 3.8) is 0 Å². The number of nitrogens with zero attached hydrogens (tertiary/aromatic N) is 2. The van der Waals surface area contributed by atoms with Gasteiger partial charge in [0, 0.05) is 4.47 Å². The second-order valence-electron chi connectivity index (χ2n) is 5.13. The van der Waals surface area contributed by atoms with Gasteiger partial charge < -0.3 is 0 Å². The second kappa shape index (κ2) is 6.34. The lowest BCUT2D eigenvalue weighted by Crippen LogP contribution is -2.38. The normalized spacial score (nSPS) is 21.8. The van der Waals surface area contributed by atoms with Gasteiger partial charge in [-0.05, 0) is 61.5 Å². The van der Waals surface area contributed by atoms with Gasteiger partial charge in [-0.3, -0.25) is 19.4 Å². The third-order valence-corrected chi connectivity index (χ3v) is 5.02. The monoisotopic (exact) mass is 366 g/mol. The minimum Gasteiger partial charge on any atom is -0.286 e. The molecule has 6 heteroatoms. The Bertz CT molecular complexity index is 594. The predicted octanol–water partition coefficient (Wildman–Crippen LogP) is 3.54. The van der Waals surface area contributed by atoms with Gasteiger partial charge in [-0.25, -0.2) is 0 Å². The fraction of sp³-hybridized carbons (Fsp3) is 0.333. The lowest BCUT2D eigenvalue weighted by atomic mass is 10.2. The molecule has 3 rings (SSSR count). The average molecular weight is 367 g/mol. The van der Waals surface area contributed by atoms with Crippen molar-refractivity contribution in [2.45, 2.75) is 12.8 Å². The molecule has 0 N–H and O–H groups in total. The van der Waals surface area contributed by atoms with Crippen LogP contribution < -0.4 is 0 Å². The molecule has 21 heavy (non-hydrogen) atoms.